The number of benzene rings is 1. The number of fused-ring (bicyclic) bond motifs is 1. The van der Waals surface area contributed by atoms with Crippen LogP contribution in [-0.4, -0.2) is 49.8 Å². The van der Waals surface area contributed by atoms with E-state index in [1.807, 2.05) is 0 Å². The summed E-state index contributed by atoms with van der Waals surface area (Å²) in [4.78, 5) is 0. The fourth-order valence-electron chi connectivity index (χ4n) is 2.94. The van der Waals surface area contributed by atoms with Crippen molar-refractivity contribution in [3.8, 4) is 0 Å². The van der Waals surface area contributed by atoms with Crippen molar-refractivity contribution in [3.63, 3.8) is 0 Å². The van der Waals surface area contributed by atoms with Crippen LogP contribution in [0.25, 0.3) is 0 Å². The van der Waals surface area contributed by atoms with Crippen molar-refractivity contribution in [2.75, 3.05) is 11.9 Å². The van der Waals surface area contributed by atoms with E-state index in [1.165, 1.54) is 26.0 Å². The van der Waals surface area contributed by atoms with Gasteiger partial charge in [-0.2, -0.15) is 0 Å². The topological polar surface area (TPSA) is 136 Å². The first-order chi connectivity index (χ1) is 12.8. The number of amidine groups is 1. The van der Waals surface area contributed by atoms with Crippen LogP contribution in [0.5, 0.6) is 0 Å². The highest BCUT2D eigenvalue weighted by Crippen LogP contribution is 2.32. The third kappa shape index (κ3) is 4.17. The largest absolute Gasteiger partial charge is 0.409 e. The Kier molecular flexibility index (Phi) is 5.29. The summed E-state index contributed by atoms with van der Waals surface area (Å²) >= 11 is 0. The molecule has 0 radical (unpaired) electrons. The van der Waals surface area contributed by atoms with Gasteiger partial charge in [0.05, 0.1) is 17.7 Å². The molecule has 10 heteroatoms. The lowest BCUT2D eigenvalue weighted by Gasteiger charge is -2.24. The molecule has 5 N–H and O–H groups in total. The van der Waals surface area contributed by atoms with Crippen LogP contribution in [-0.2, 0) is 6.42 Å². The van der Waals surface area contributed by atoms with Gasteiger partial charge in [-0.25, -0.2) is 9.02 Å². The van der Waals surface area contributed by atoms with E-state index in [2.05, 4.69) is 26.1 Å². The lowest BCUT2D eigenvalue weighted by Crippen LogP contribution is -2.41. The van der Waals surface area contributed by atoms with Crippen LogP contribution in [0.15, 0.2) is 28.0 Å². The molecule has 0 aliphatic heterocycles. The SMILES string of the molecule is CC(C)(O)[C@H](O)CNc1nonc1/C(=N/O)NC1CCc2ccc(F)cc21. The summed E-state index contributed by atoms with van der Waals surface area (Å²) in [7, 11) is 0. The number of nitrogens with one attached hydrogen (secondary N) is 2. The minimum absolute atomic E-state index is 0.00129. The molecule has 9 nitrogen and oxygen atoms in total. The summed E-state index contributed by atoms with van der Waals surface area (Å²) in [5.74, 6) is -0.203. The highest BCUT2D eigenvalue weighted by atomic mass is 19.1. The van der Waals surface area contributed by atoms with Gasteiger partial charge in [0.15, 0.2) is 11.5 Å². The smallest absolute Gasteiger partial charge is 0.202 e. The van der Waals surface area contributed by atoms with Gasteiger partial charge in [-0.3, -0.25) is 0 Å². The number of hydrogen-bond donors (Lipinski definition) is 5. The zero-order valence-electron chi connectivity index (χ0n) is 15.0. The molecule has 0 saturated heterocycles. The number of rotatable bonds is 6. The van der Waals surface area contributed by atoms with E-state index in [4.69, 9.17) is 4.63 Å². The molecule has 27 heavy (non-hydrogen) atoms. The van der Waals surface area contributed by atoms with Crippen molar-refractivity contribution in [2.45, 2.75) is 44.4 Å². The molecule has 0 bridgehead atoms. The summed E-state index contributed by atoms with van der Waals surface area (Å²) in [6.07, 6.45) is 0.393. The van der Waals surface area contributed by atoms with Crippen LogP contribution in [0.1, 0.15) is 43.1 Å². The van der Waals surface area contributed by atoms with Gasteiger partial charge in [-0.05, 0) is 60.3 Å². The molecule has 1 aliphatic rings. The van der Waals surface area contributed by atoms with Crippen molar-refractivity contribution in [1.82, 2.24) is 15.6 Å². The maximum absolute atomic E-state index is 13.6. The zero-order chi connectivity index (χ0) is 19.6. The van der Waals surface area contributed by atoms with Gasteiger partial charge in [-0.15, -0.1) is 0 Å². The predicted molar refractivity (Wildman–Crippen MR) is 94.0 cm³/mol. The predicted octanol–water partition coefficient (Wildman–Crippen LogP) is 1.17. The third-order valence-electron chi connectivity index (χ3n) is 4.59. The minimum atomic E-state index is -1.31. The molecule has 1 unspecified atom stereocenters. The molecule has 1 aromatic heterocycles. The summed E-state index contributed by atoms with van der Waals surface area (Å²) in [5, 5.41) is 45.6. The zero-order valence-corrected chi connectivity index (χ0v) is 15.0. The van der Waals surface area contributed by atoms with Gasteiger partial charge in [0.1, 0.15) is 5.82 Å². The summed E-state index contributed by atoms with van der Waals surface area (Å²) in [6, 6.07) is 4.35. The number of aryl methyl sites for hydroxylation is 1. The van der Waals surface area contributed by atoms with Gasteiger partial charge in [-0.1, -0.05) is 11.2 Å². The molecule has 3 rings (SSSR count). The van der Waals surface area contributed by atoms with Crippen LogP contribution < -0.4 is 10.6 Å². The molecule has 0 spiro atoms. The molecule has 2 aromatic rings. The Morgan fingerprint density at radius 1 is 1.44 bits per heavy atom. The number of oxime groups is 1. The Labute approximate surface area is 154 Å². The normalized spacial score (nSPS) is 18.3. The first-order valence-corrected chi connectivity index (χ1v) is 8.53. The lowest BCUT2D eigenvalue weighted by atomic mass is 10.0. The standard InChI is InChI=1S/C17H22FN5O4/c1-17(2,25)13(24)8-19-15-14(22-27-23-15)16(21-26)20-12-6-4-9-3-5-10(18)7-11(9)12/h3,5,7,12-13,24-26H,4,6,8H2,1-2H3,(H,19,23)(H,20,21)/t12?,13-/m1/s1. The van der Waals surface area contributed by atoms with Crippen molar-refractivity contribution in [1.29, 1.82) is 0 Å². The molecule has 1 aliphatic carbocycles. The highest BCUT2D eigenvalue weighted by molar-refractivity contribution is 6.00. The number of aliphatic hydroxyl groups excluding tert-OH is 1. The highest BCUT2D eigenvalue weighted by Gasteiger charge is 2.28. The Morgan fingerprint density at radius 2 is 2.22 bits per heavy atom. The van der Waals surface area contributed by atoms with Crippen molar-refractivity contribution in [3.05, 3.63) is 40.8 Å². The lowest BCUT2D eigenvalue weighted by molar-refractivity contribution is -0.0403. The Bertz CT molecular complexity index is 833. The number of hydrogen-bond acceptors (Lipinski definition) is 8. The average molecular weight is 379 g/mol. The van der Waals surface area contributed by atoms with Crippen LogP contribution in [0, 0.1) is 5.82 Å². The van der Waals surface area contributed by atoms with Gasteiger partial charge < -0.3 is 26.1 Å². The molecular formula is C17H22FN5O4. The monoisotopic (exact) mass is 379 g/mol. The van der Waals surface area contributed by atoms with Crippen molar-refractivity contribution in [2.24, 2.45) is 5.16 Å². The van der Waals surface area contributed by atoms with Gasteiger partial charge in [0, 0.05) is 6.54 Å². The summed E-state index contributed by atoms with van der Waals surface area (Å²) in [6.45, 7) is 2.92. The van der Waals surface area contributed by atoms with E-state index in [1.54, 1.807) is 6.07 Å². The molecular weight excluding hydrogens is 357 g/mol. The van der Waals surface area contributed by atoms with Crippen LogP contribution in [0.2, 0.25) is 0 Å². The maximum atomic E-state index is 13.6. The fraction of sp³-hybridized carbons (Fsp3) is 0.471. The van der Waals surface area contributed by atoms with E-state index in [0.29, 0.717) is 6.42 Å². The van der Waals surface area contributed by atoms with Gasteiger partial charge in [0.2, 0.25) is 5.82 Å². The summed E-state index contributed by atoms with van der Waals surface area (Å²) in [5.41, 5.74) is 0.606. The van der Waals surface area contributed by atoms with Crippen molar-refractivity contribution < 1.29 is 24.4 Å². The first-order valence-electron chi connectivity index (χ1n) is 8.53. The quantitative estimate of drug-likeness (QED) is 0.218. The minimum Gasteiger partial charge on any atom is -0.409 e. The summed E-state index contributed by atoms with van der Waals surface area (Å²) < 4.78 is 18.3. The van der Waals surface area contributed by atoms with E-state index in [-0.39, 0.29) is 35.8 Å². The molecule has 0 saturated carbocycles. The number of halogens is 1. The van der Waals surface area contributed by atoms with Crippen molar-refractivity contribution >= 4 is 11.7 Å². The van der Waals surface area contributed by atoms with E-state index >= 15 is 0 Å². The third-order valence-corrected chi connectivity index (χ3v) is 4.59. The number of aliphatic hydroxyl groups is 2. The Hall–Kier alpha value is -2.72. The van der Waals surface area contributed by atoms with Gasteiger partial charge in [0.25, 0.3) is 0 Å². The fourth-order valence-corrected chi connectivity index (χ4v) is 2.94. The second-order valence-electron chi connectivity index (χ2n) is 7.04. The Balaban J connectivity index is 1.73. The molecule has 1 aromatic carbocycles. The Morgan fingerprint density at radius 3 is 2.93 bits per heavy atom. The molecule has 1 heterocycles. The van der Waals surface area contributed by atoms with E-state index in [9.17, 15) is 19.8 Å². The maximum Gasteiger partial charge on any atom is 0.202 e. The molecule has 2 atom stereocenters. The molecule has 0 fully saturated rings. The van der Waals surface area contributed by atoms with Crippen LogP contribution >= 0.6 is 0 Å². The average Bonchev–Trinajstić information content (AvgIpc) is 3.23. The number of aromatic nitrogens is 2. The number of nitrogens with zero attached hydrogens (tertiary/aromatic N) is 3. The second kappa shape index (κ2) is 7.49. The van der Waals surface area contributed by atoms with E-state index in [0.717, 1.165) is 17.5 Å². The number of anilines is 1. The molecule has 0 amide bonds. The van der Waals surface area contributed by atoms with Gasteiger partial charge >= 0.3 is 0 Å². The van der Waals surface area contributed by atoms with E-state index < -0.39 is 11.7 Å². The molecule has 146 valence electrons. The first kappa shape index (κ1) is 19.1. The second-order valence-corrected chi connectivity index (χ2v) is 7.04. The van der Waals surface area contributed by atoms with Crippen LogP contribution in [0.3, 0.4) is 0 Å². The van der Waals surface area contributed by atoms with Crippen LogP contribution in [0.4, 0.5) is 10.2 Å².